The molecule has 1 atom stereocenters. The van der Waals surface area contributed by atoms with Gasteiger partial charge in [0, 0.05) is 24.3 Å². The van der Waals surface area contributed by atoms with Crippen molar-refractivity contribution in [1.82, 2.24) is 5.32 Å². The summed E-state index contributed by atoms with van der Waals surface area (Å²) in [5.41, 5.74) is 19.8. The second-order valence-electron chi connectivity index (χ2n) is 11.6. The largest absolute Gasteiger partial charge is 0.405 e. The molecule has 0 aromatic heterocycles. The van der Waals surface area contributed by atoms with Gasteiger partial charge in [-0.25, -0.2) is 0 Å². The van der Waals surface area contributed by atoms with Crippen molar-refractivity contribution in [3.05, 3.63) is 186 Å². The van der Waals surface area contributed by atoms with E-state index in [2.05, 4.69) is 153 Å². The van der Waals surface area contributed by atoms with Crippen molar-refractivity contribution in [2.45, 2.75) is 66.2 Å². The number of terminal acetylenes is 1. The van der Waals surface area contributed by atoms with E-state index in [9.17, 15) is 0 Å². The predicted octanol–water partition coefficient (Wildman–Crippen LogP) is 11.7. The monoisotopic (exact) mass is 680 g/mol. The van der Waals surface area contributed by atoms with Crippen LogP contribution >= 0.6 is 0 Å². The minimum Gasteiger partial charge on any atom is -0.405 e. The molecule has 1 unspecified atom stereocenters. The molecule has 0 heterocycles. The van der Waals surface area contributed by atoms with Crippen LogP contribution in [0.2, 0.25) is 0 Å². The molecule has 3 aromatic carbocycles. The number of nitrogens with two attached hydrogens (primary N) is 2. The van der Waals surface area contributed by atoms with E-state index in [1.807, 2.05) is 56.5 Å². The number of hydrogen-bond donors (Lipinski definition) is 4. The Labute approximate surface area is 309 Å². The number of para-hydroxylation sites is 1. The summed E-state index contributed by atoms with van der Waals surface area (Å²) in [6.45, 7) is 10.1. The maximum Gasteiger partial charge on any atom is 0.0922 e. The molecule has 3 rings (SSSR count). The van der Waals surface area contributed by atoms with E-state index in [1.165, 1.54) is 34.0 Å². The standard InChI is InChI=1S/C29H35N.C15H21N3.C3H4/c1-5-8-15-24(4)16-13-14-18-25(7-3)27-22-21-26(17-9-6-2)29(23-27)30-28-19-11-10-12-20-28;1-18-15(17)12-14(10-6-3-7-11-16)13-8-4-2-5-9-13;1-3-2/h5-12,14-15,18-23,30H,13,16-17H2,1-4H3;2-9,11-12,14,18H,10,16-17H2,1H3;1H,2H3/b8-5-,9-6-,18-14-,24-15+,25-7+;6-3-,11-7-,15-12-;. The lowest BCUT2D eigenvalue weighted by Gasteiger charge is -2.14. The molecule has 0 aliphatic rings. The Morgan fingerprint density at radius 3 is 2.18 bits per heavy atom. The Bertz CT molecular complexity index is 1660. The average molecular weight is 681 g/mol. The number of allylic oxidation sites excluding steroid dienone is 14. The van der Waals surface area contributed by atoms with Crippen molar-refractivity contribution in [3.63, 3.8) is 0 Å². The topological polar surface area (TPSA) is 76.1 Å². The van der Waals surface area contributed by atoms with Gasteiger partial charge in [0.1, 0.15) is 0 Å². The van der Waals surface area contributed by atoms with E-state index in [1.54, 1.807) is 6.92 Å². The molecule has 0 fully saturated rings. The average Bonchev–Trinajstić information content (AvgIpc) is 3.16. The molecule has 0 spiro atoms. The molecule has 4 nitrogen and oxygen atoms in total. The van der Waals surface area contributed by atoms with E-state index in [0.29, 0.717) is 5.82 Å². The number of anilines is 2. The van der Waals surface area contributed by atoms with Crippen LogP contribution in [0.25, 0.3) is 5.57 Å². The first-order chi connectivity index (χ1) is 24.9. The van der Waals surface area contributed by atoms with Crippen LogP contribution in [0, 0.1) is 12.3 Å². The minimum atomic E-state index is 0.265. The van der Waals surface area contributed by atoms with Gasteiger partial charge in [-0.2, -0.15) is 0 Å². The highest BCUT2D eigenvalue weighted by Gasteiger charge is 2.08. The lowest BCUT2D eigenvalue weighted by molar-refractivity contribution is 0.827. The zero-order chi connectivity index (χ0) is 37.5. The normalized spacial score (nSPS) is 12.8. The van der Waals surface area contributed by atoms with Crippen molar-refractivity contribution >= 4 is 16.9 Å². The summed E-state index contributed by atoms with van der Waals surface area (Å²) in [6.07, 6.45) is 35.3. The van der Waals surface area contributed by atoms with Gasteiger partial charge in [0.15, 0.2) is 0 Å². The van der Waals surface area contributed by atoms with Crippen molar-refractivity contribution < 1.29 is 0 Å². The van der Waals surface area contributed by atoms with Crippen LogP contribution in [0.1, 0.15) is 76.5 Å². The van der Waals surface area contributed by atoms with Crippen LogP contribution in [0.5, 0.6) is 0 Å². The van der Waals surface area contributed by atoms with Crippen LogP contribution < -0.4 is 22.1 Å². The van der Waals surface area contributed by atoms with Gasteiger partial charge < -0.3 is 22.1 Å². The molecule has 0 bridgehead atoms. The second-order valence-corrected chi connectivity index (χ2v) is 11.6. The van der Waals surface area contributed by atoms with Crippen LogP contribution in [0.3, 0.4) is 0 Å². The van der Waals surface area contributed by atoms with Gasteiger partial charge in [0.2, 0.25) is 0 Å². The van der Waals surface area contributed by atoms with E-state index in [0.717, 1.165) is 37.1 Å². The van der Waals surface area contributed by atoms with Gasteiger partial charge in [0.05, 0.1) is 5.82 Å². The van der Waals surface area contributed by atoms with E-state index in [-0.39, 0.29) is 5.92 Å². The Kier molecular flexibility index (Phi) is 24.0. The van der Waals surface area contributed by atoms with Crippen molar-refractivity contribution in [2.75, 3.05) is 12.4 Å². The summed E-state index contributed by atoms with van der Waals surface area (Å²) in [5.74, 6) is 3.20. The van der Waals surface area contributed by atoms with Gasteiger partial charge in [-0.3, -0.25) is 0 Å². The SMILES string of the molecule is C#CC.C/C=C\C=C(/C)CC/C=C\C(=C/C)c1ccc(C/C=C\C)c(Nc2ccccc2)c1.CN/C(N)=C\C(C/C=C\C=C/N)c1ccccc1. The lowest BCUT2D eigenvalue weighted by atomic mass is 9.95. The van der Waals surface area contributed by atoms with Crippen LogP contribution in [0.15, 0.2) is 169 Å². The van der Waals surface area contributed by atoms with Gasteiger partial charge in [-0.1, -0.05) is 127 Å². The molecule has 0 amide bonds. The van der Waals surface area contributed by atoms with E-state index in [4.69, 9.17) is 11.5 Å². The third kappa shape index (κ3) is 19.2. The van der Waals surface area contributed by atoms with Crippen LogP contribution in [-0.4, -0.2) is 7.05 Å². The molecule has 0 saturated carbocycles. The molecular formula is C47H60N4. The molecule has 0 saturated heterocycles. The summed E-state index contributed by atoms with van der Waals surface area (Å²) < 4.78 is 0. The maximum absolute atomic E-state index is 5.83. The molecule has 0 radical (unpaired) electrons. The number of hydrogen-bond acceptors (Lipinski definition) is 4. The zero-order valence-electron chi connectivity index (χ0n) is 31.6. The fourth-order valence-electron chi connectivity index (χ4n) is 4.86. The third-order valence-corrected chi connectivity index (χ3v) is 7.60. The van der Waals surface area contributed by atoms with Gasteiger partial charge in [-0.15, -0.1) is 12.3 Å². The lowest BCUT2D eigenvalue weighted by Crippen LogP contribution is -2.15. The Hall–Kier alpha value is -5.66. The summed E-state index contributed by atoms with van der Waals surface area (Å²) in [6, 6.07) is 27.4. The summed E-state index contributed by atoms with van der Waals surface area (Å²) in [5, 5.41) is 6.55. The second kappa shape index (κ2) is 28.2. The number of benzene rings is 3. The predicted molar refractivity (Wildman–Crippen MR) is 227 cm³/mol. The fourth-order valence-corrected chi connectivity index (χ4v) is 4.86. The molecule has 3 aromatic rings. The summed E-state index contributed by atoms with van der Waals surface area (Å²) >= 11 is 0. The Balaban J connectivity index is 0.000000526. The highest BCUT2D eigenvalue weighted by Crippen LogP contribution is 2.28. The molecule has 6 N–H and O–H groups in total. The first kappa shape index (κ1) is 43.4. The minimum absolute atomic E-state index is 0.265. The third-order valence-electron chi connectivity index (χ3n) is 7.60. The van der Waals surface area contributed by atoms with Gasteiger partial charge in [-0.05, 0) is 119 Å². The molecule has 0 aliphatic carbocycles. The molecule has 0 aliphatic heterocycles. The van der Waals surface area contributed by atoms with Crippen molar-refractivity contribution in [1.29, 1.82) is 0 Å². The smallest absolute Gasteiger partial charge is 0.0922 e. The highest BCUT2D eigenvalue weighted by molar-refractivity contribution is 5.78. The quantitative estimate of drug-likeness (QED) is 0.0690. The number of rotatable bonds is 16. The van der Waals surface area contributed by atoms with Crippen LogP contribution in [-0.2, 0) is 6.42 Å². The van der Waals surface area contributed by atoms with E-state index < -0.39 is 0 Å². The van der Waals surface area contributed by atoms with Crippen molar-refractivity contribution in [3.8, 4) is 12.3 Å². The van der Waals surface area contributed by atoms with Gasteiger partial charge in [0.25, 0.3) is 0 Å². The van der Waals surface area contributed by atoms with E-state index >= 15 is 0 Å². The Morgan fingerprint density at radius 1 is 0.882 bits per heavy atom. The molecule has 51 heavy (non-hydrogen) atoms. The molecule has 268 valence electrons. The molecular weight excluding hydrogens is 621 g/mol. The molecule has 4 heteroatoms. The zero-order valence-corrected chi connectivity index (χ0v) is 31.6. The first-order valence-electron chi connectivity index (χ1n) is 17.7. The fraction of sp³-hybridized carbons (Fsp3) is 0.234. The summed E-state index contributed by atoms with van der Waals surface area (Å²) in [4.78, 5) is 0. The Morgan fingerprint density at radius 2 is 1.57 bits per heavy atom. The van der Waals surface area contributed by atoms with Crippen LogP contribution in [0.4, 0.5) is 11.4 Å². The first-order valence-corrected chi connectivity index (χ1v) is 17.7. The number of nitrogens with one attached hydrogen (secondary N) is 2. The van der Waals surface area contributed by atoms with Gasteiger partial charge >= 0.3 is 0 Å². The van der Waals surface area contributed by atoms with Crippen molar-refractivity contribution in [2.24, 2.45) is 11.5 Å². The maximum atomic E-state index is 5.83. The summed E-state index contributed by atoms with van der Waals surface area (Å²) in [7, 11) is 1.82. The highest BCUT2D eigenvalue weighted by atomic mass is 14.9.